The van der Waals surface area contributed by atoms with E-state index in [1.165, 1.54) is 13.8 Å². The molecule has 0 aromatic heterocycles. The molecule has 0 atom stereocenters. The van der Waals surface area contributed by atoms with Crippen molar-refractivity contribution < 1.29 is 19.7 Å². The molecule has 4 heteroatoms. The summed E-state index contributed by atoms with van der Waals surface area (Å²) in [5.41, 5.74) is -1.51. The minimum absolute atomic E-state index is 0.692. The van der Waals surface area contributed by atoms with E-state index in [1.54, 1.807) is 0 Å². The molecule has 0 radical (unpaired) electrons. The SMILES string of the molecule is CC(C)(O)C(=O)OCO. The summed E-state index contributed by atoms with van der Waals surface area (Å²) in [5, 5.41) is 16.9. The maximum Gasteiger partial charge on any atom is 0.339 e. The lowest BCUT2D eigenvalue weighted by Crippen LogP contribution is -2.33. The number of aliphatic hydroxyl groups is 2. The van der Waals surface area contributed by atoms with E-state index in [9.17, 15) is 4.79 Å². The van der Waals surface area contributed by atoms with Gasteiger partial charge in [-0.15, -0.1) is 0 Å². The van der Waals surface area contributed by atoms with Gasteiger partial charge in [-0.3, -0.25) is 0 Å². The van der Waals surface area contributed by atoms with Crippen LogP contribution in [0.4, 0.5) is 0 Å². The summed E-state index contributed by atoms with van der Waals surface area (Å²) in [6, 6.07) is 0. The predicted molar refractivity (Wildman–Crippen MR) is 29.5 cm³/mol. The molecule has 0 fully saturated rings. The lowest BCUT2D eigenvalue weighted by atomic mass is 10.1. The van der Waals surface area contributed by atoms with E-state index in [0.29, 0.717) is 0 Å². The van der Waals surface area contributed by atoms with Gasteiger partial charge < -0.3 is 14.9 Å². The van der Waals surface area contributed by atoms with Crippen LogP contribution in [0.1, 0.15) is 13.8 Å². The molecule has 2 N–H and O–H groups in total. The van der Waals surface area contributed by atoms with E-state index in [1.807, 2.05) is 0 Å². The summed E-state index contributed by atoms with van der Waals surface area (Å²) in [5.74, 6) is -0.829. The monoisotopic (exact) mass is 134 g/mol. The first kappa shape index (κ1) is 8.39. The van der Waals surface area contributed by atoms with Gasteiger partial charge in [0.2, 0.25) is 0 Å². The Morgan fingerprint density at radius 3 is 2.22 bits per heavy atom. The van der Waals surface area contributed by atoms with Crippen molar-refractivity contribution in [3.05, 3.63) is 0 Å². The highest BCUT2D eigenvalue weighted by molar-refractivity contribution is 5.77. The zero-order valence-corrected chi connectivity index (χ0v) is 5.42. The van der Waals surface area contributed by atoms with E-state index < -0.39 is 18.4 Å². The molecule has 0 bridgehead atoms. The average molecular weight is 134 g/mol. The van der Waals surface area contributed by atoms with Crippen molar-refractivity contribution in [2.45, 2.75) is 19.4 Å². The molecule has 0 aliphatic heterocycles. The minimum Gasteiger partial charge on any atom is -0.437 e. The van der Waals surface area contributed by atoms with Crippen LogP contribution in [0.25, 0.3) is 0 Å². The molecule has 54 valence electrons. The van der Waals surface area contributed by atoms with Crippen LogP contribution in [-0.4, -0.2) is 28.6 Å². The van der Waals surface area contributed by atoms with E-state index in [-0.39, 0.29) is 0 Å². The molecular formula is C5H10O4. The van der Waals surface area contributed by atoms with Gasteiger partial charge in [-0.1, -0.05) is 0 Å². The lowest BCUT2D eigenvalue weighted by molar-refractivity contribution is -0.170. The molecule has 0 saturated carbocycles. The topological polar surface area (TPSA) is 66.8 Å². The summed E-state index contributed by atoms with van der Waals surface area (Å²) in [6.45, 7) is 1.87. The van der Waals surface area contributed by atoms with Gasteiger partial charge in [-0.2, -0.15) is 0 Å². The molecule has 0 aliphatic carbocycles. The Bertz CT molecular complexity index is 102. The van der Waals surface area contributed by atoms with Crippen LogP contribution < -0.4 is 0 Å². The van der Waals surface area contributed by atoms with Gasteiger partial charge in [0.25, 0.3) is 0 Å². The molecule has 0 aromatic rings. The quantitative estimate of drug-likeness (QED) is 0.385. The highest BCUT2D eigenvalue weighted by atomic mass is 16.6. The van der Waals surface area contributed by atoms with Gasteiger partial charge >= 0.3 is 5.97 Å². The van der Waals surface area contributed by atoms with Crippen LogP contribution in [0.5, 0.6) is 0 Å². The van der Waals surface area contributed by atoms with Gasteiger partial charge in [0.15, 0.2) is 12.4 Å². The zero-order valence-electron chi connectivity index (χ0n) is 5.42. The van der Waals surface area contributed by atoms with E-state index in [0.717, 1.165) is 0 Å². The molecule has 0 saturated heterocycles. The van der Waals surface area contributed by atoms with E-state index >= 15 is 0 Å². The maximum absolute atomic E-state index is 10.4. The van der Waals surface area contributed by atoms with Crippen molar-refractivity contribution in [1.29, 1.82) is 0 Å². The molecule has 0 aromatic carbocycles. The second-order valence-electron chi connectivity index (χ2n) is 2.12. The van der Waals surface area contributed by atoms with Crippen LogP contribution in [0, 0.1) is 0 Å². The fourth-order valence-electron chi connectivity index (χ4n) is 0.235. The molecule has 9 heavy (non-hydrogen) atoms. The molecular weight excluding hydrogens is 124 g/mol. The van der Waals surface area contributed by atoms with Gasteiger partial charge in [0, 0.05) is 0 Å². The standard InChI is InChI=1S/C5H10O4/c1-5(2,8)4(7)9-3-6/h6,8H,3H2,1-2H3. The second kappa shape index (κ2) is 2.80. The molecule has 0 rings (SSSR count). The Hall–Kier alpha value is -0.610. The summed E-state index contributed by atoms with van der Waals surface area (Å²) >= 11 is 0. The number of hydrogen-bond donors (Lipinski definition) is 2. The van der Waals surface area contributed by atoms with Crippen LogP contribution >= 0.6 is 0 Å². The molecule has 0 unspecified atom stereocenters. The number of rotatable bonds is 2. The Morgan fingerprint density at radius 1 is 1.67 bits per heavy atom. The zero-order chi connectivity index (χ0) is 7.49. The van der Waals surface area contributed by atoms with Crippen molar-refractivity contribution in [2.24, 2.45) is 0 Å². The fraction of sp³-hybridized carbons (Fsp3) is 0.800. The van der Waals surface area contributed by atoms with Crippen LogP contribution in [0.15, 0.2) is 0 Å². The summed E-state index contributed by atoms with van der Waals surface area (Å²) in [7, 11) is 0. The number of ether oxygens (including phenoxy) is 1. The summed E-state index contributed by atoms with van der Waals surface area (Å²) < 4.78 is 4.07. The molecule has 0 spiro atoms. The first-order valence-electron chi connectivity index (χ1n) is 2.49. The smallest absolute Gasteiger partial charge is 0.339 e. The Labute approximate surface area is 53.1 Å². The van der Waals surface area contributed by atoms with Gasteiger partial charge in [0.1, 0.15) is 0 Å². The van der Waals surface area contributed by atoms with Crippen molar-refractivity contribution in [3.8, 4) is 0 Å². The third kappa shape index (κ3) is 3.05. The average Bonchev–Trinajstić information content (AvgIpc) is 1.64. The van der Waals surface area contributed by atoms with Gasteiger partial charge in [-0.25, -0.2) is 4.79 Å². The van der Waals surface area contributed by atoms with Crippen molar-refractivity contribution in [1.82, 2.24) is 0 Å². The van der Waals surface area contributed by atoms with Gasteiger partial charge in [0.05, 0.1) is 0 Å². The Morgan fingerprint density at radius 2 is 2.11 bits per heavy atom. The summed E-state index contributed by atoms with van der Waals surface area (Å²) in [6.07, 6.45) is 0. The molecule has 4 nitrogen and oxygen atoms in total. The normalized spacial score (nSPS) is 11.1. The third-order valence-corrected chi connectivity index (χ3v) is 0.695. The first-order valence-corrected chi connectivity index (χ1v) is 2.49. The van der Waals surface area contributed by atoms with Crippen molar-refractivity contribution in [3.63, 3.8) is 0 Å². The van der Waals surface area contributed by atoms with Crippen LogP contribution in [0.3, 0.4) is 0 Å². The van der Waals surface area contributed by atoms with Crippen LogP contribution in [-0.2, 0) is 9.53 Å². The lowest BCUT2D eigenvalue weighted by Gasteiger charge is -2.13. The summed E-state index contributed by atoms with van der Waals surface area (Å²) in [4.78, 5) is 10.4. The molecule has 0 amide bonds. The Balaban J connectivity index is 3.74. The van der Waals surface area contributed by atoms with E-state index in [4.69, 9.17) is 10.2 Å². The second-order valence-corrected chi connectivity index (χ2v) is 2.12. The van der Waals surface area contributed by atoms with Crippen molar-refractivity contribution >= 4 is 5.97 Å². The number of hydrogen-bond acceptors (Lipinski definition) is 4. The van der Waals surface area contributed by atoms with E-state index in [2.05, 4.69) is 4.74 Å². The maximum atomic E-state index is 10.4. The number of carbonyl (C=O) groups excluding carboxylic acids is 1. The first-order chi connectivity index (χ1) is 3.98. The Kier molecular flexibility index (Phi) is 2.61. The number of aliphatic hydroxyl groups excluding tert-OH is 1. The van der Waals surface area contributed by atoms with Crippen LogP contribution in [0.2, 0.25) is 0 Å². The number of esters is 1. The molecule has 0 heterocycles. The van der Waals surface area contributed by atoms with Gasteiger partial charge in [-0.05, 0) is 13.8 Å². The predicted octanol–water partition coefficient (Wildman–Crippen LogP) is -0.750. The number of carbonyl (C=O) groups is 1. The fourth-order valence-corrected chi connectivity index (χ4v) is 0.235. The molecule has 0 aliphatic rings. The third-order valence-electron chi connectivity index (χ3n) is 0.695. The minimum atomic E-state index is -1.51. The highest BCUT2D eigenvalue weighted by Gasteiger charge is 2.24. The van der Waals surface area contributed by atoms with Crippen molar-refractivity contribution in [2.75, 3.05) is 6.79 Å². The highest BCUT2D eigenvalue weighted by Crippen LogP contribution is 2.02. The largest absolute Gasteiger partial charge is 0.437 e.